The third-order valence-electron chi connectivity index (χ3n) is 3.05. The molecule has 0 spiro atoms. The maximum atomic E-state index is 11.9. The summed E-state index contributed by atoms with van der Waals surface area (Å²) in [7, 11) is -2.04. The molecule has 96 valence electrons. The van der Waals surface area contributed by atoms with Crippen LogP contribution in [0.1, 0.15) is 18.4 Å². The van der Waals surface area contributed by atoms with Crippen molar-refractivity contribution in [2.24, 2.45) is 4.99 Å². The number of benzene rings is 1. The maximum absolute atomic E-state index is 11.9. The fraction of sp³-hybridized carbons (Fsp3) is 0.417. The molecule has 6 heteroatoms. The van der Waals surface area contributed by atoms with E-state index >= 15 is 0 Å². The van der Waals surface area contributed by atoms with Crippen LogP contribution in [-0.4, -0.2) is 27.9 Å². The minimum absolute atomic E-state index is 0.115. The van der Waals surface area contributed by atoms with Crippen LogP contribution in [-0.2, 0) is 20.2 Å². The van der Waals surface area contributed by atoms with Crippen LogP contribution in [0, 0.1) is 0 Å². The molecule has 1 saturated carbocycles. The van der Waals surface area contributed by atoms with Crippen LogP contribution in [0.4, 0.5) is 0 Å². The molecule has 2 rings (SSSR count). The van der Waals surface area contributed by atoms with Crippen molar-refractivity contribution in [1.82, 2.24) is 0 Å². The zero-order chi connectivity index (χ0) is 13.4. The number of ether oxygens (including phenoxy) is 1. The minimum atomic E-state index is -3.45. The Labute approximate surface area is 105 Å². The average molecular weight is 267 g/mol. The molecule has 1 aliphatic rings. The molecule has 1 aromatic carbocycles. The number of methoxy groups -OCH3 is 1. The van der Waals surface area contributed by atoms with Gasteiger partial charge in [0.05, 0.1) is 12.6 Å². The van der Waals surface area contributed by atoms with Crippen molar-refractivity contribution in [2.75, 3.05) is 13.4 Å². The number of aliphatic imine (C=N–C) groups is 1. The lowest BCUT2D eigenvalue weighted by atomic mass is 10.1. The summed E-state index contributed by atoms with van der Waals surface area (Å²) in [6.07, 6.45) is 3.95. The SMILES string of the molecule is COc1cccc(C2(N=C=O)CC2)c1S(C)(=O)=O. The highest BCUT2D eigenvalue weighted by atomic mass is 32.2. The van der Waals surface area contributed by atoms with Crippen molar-refractivity contribution >= 4 is 15.9 Å². The highest BCUT2D eigenvalue weighted by molar-refractivity contribution is 7.90. The lowest BCUT2D eigenvalue weighted by Crippen LogP contribution is -2.12. The van der Waals surface area contributed by atoms with Gasteiger partial charge in [-0.3, -0.25) is 0 Å². The fourth-order valence-corrected chi connectivity index (χ4v) is 3.25. The van der Waals surface area contributed by atoms with Gasteiger partial charge in [-0.2, -0.15) is 4.99 Å². The normalized spacial score (nSPS) is 16.8. The predicted molar refractivity (Wildman–Crippen MR) is 65.1 cm³/mol. The Hall–Kier alpha value is -1.65. The van der Waals surface area contributed by atoms with Crippen LogP contribution in [0.3, 0.4) is 0 Å². The lowest BCUT2D eigenvalue weighted by molar-refractivity contribution is 0.400. The van der Waals surface area contributed by atoms with Crippen LogP contribution in [0.15, 0.2) is 28.1 Å². The number of isocyanates is 1. The second kappa shape index (κ2) is 4.23. The summed E-state index contributed by atoms with van der Waals surface area (Å²) in [6.45, 7) is 0. The quantitative estimate of drug-likeness (QED) is 0.611. The van der Waals surface area contributed by atoms with Gasteiger partial charge < -0.3 is 4.74 Å². The molecule has 1 aliphatic carbocycles. The van der Waals surface area contributed by atoms with Gasteiger partial charge in [-0.05, 0) is 18.9 Å². The molecule has 0 aromatic heterocycles. The Morgan fingerprint density at radius 2 is 2.06 bits per heavy atom. The first-order chi connectivity index (χ1) is 8.44. The van der Waals surface area contributed by atoms with Crippen molar-refractivity contribution in [1.29, 1.82) is 0 Å². The highest BCUT2D eigenvalue weighted by Gasteiger charge is 2.48. The van der Waals surface area contributed by atoms with E-state index in [-0.39, 0.29) is 10.6 Å². The Morgan fingerprint density at radius 3 is 2.50 bits per heavy atom. The molecule has 18 heavy (non-hydrogen) atoms. The largest absolute Gasteiger partial charge is 0.495 e. The van der Waals surface area contributed by atoms with Gasteiger partial charge in [-0.1, -0.05) is 12.1 Å². The maximum Gasteiger partial charge on any atom is 0.235 e. The van der Waals surface area contributed by atoms with Crippen LogP contribution < -0.4 is 4.74 Å². The number of nitrogens with zero attached hydrogens (tertiary/aromatic N) is 1. The van der Waals surface area contributed by atoms with Gasteiger partial charge in [-0.15, -0.1) is 0 Å². The van der Waals surface area contributed by atoms with Crippen LogP contribution in [0.2, 0.25) is 0 Å². The van der Waals surface area contributed by atoms with E-state index in [1.165, 1.54) is 13.2 Å². The molecule has 0 radical (unpaired) electrons. The Bertz CT molecular complexity index is 625. The highest BCUT2D eigenvalue weighted by Crippen LogP contribution is 2.52. The van der Waals surface area contributed by atoms with E-state index in [0.717, 1.165) is 6.26 Å². The summed E-state index contributed by atoms with van der Waals surface area (Å²) in [5.74, 6) is 0.280. The Balaban J connectivity index is 2.73. The predicted octanol–water partition coefficient (Wildman–Crippen LogP) is 1.42. The molecular weight excluding hydrogens is 254 g/mol. The van der Waals surface area contributed by atoms with Crippen LogP contribution >= 0.6 is 0 Å². The monoisotopic (exact) mass is 267 g/mol. The second-order valence-electron chi connectivity index (χ2n) is 4.34. The fourth-order valence-electron chi connectivity index (χ4n) is 2.07. The summed E-state index contributed by atoms with van der Waals surface area (Å²) in [5.41, 5.74) is -0.206. The minimum Gasteiger partial charge on any atom is -0.495 e. The van der Waals surface area contributed by atoms with Crippen molar-refractivity contribution < 1.29 is 17.9 Å². The van der Waals surface area contributed by atoms with E-state index in [1.54, 1.807) is 18.2 Å². The molecule has 0 amide bonds. The van der Waals surface area contributed by atoms with Crippen molar-refractivity contribution in [3.8, 4) is 5.75 Å². The number of sulfone groups is 1. The van der Waals surface area contributed by atoms with Crippen molar-refractivity contribution in [3.05, 3.63) is 23.8 Å². The second-order valence-corrected chi connectivity index (χ2v) is 6.30. The molecule has 0 N–H and O–H groups in total. The third-order valence-corrected chi connectivity index (χ3v) is 4.22. The molecule has 0 atom stereocenters. The molecule has 0 saturated heterocycles. The first-order valence-electron chi connectivity index (χ1n) is 5.41. The molecule has 0 aliphatic heterocycles. The Morgan fingerprint density at radius 1 is 1.39 bits per heavy atom. The summed E-state index contributed by atoms with van der Waals surface area (Å²) < 4.78 is 28.9. The molecule has 0 unspecified atom stereocenters. The first kappa shape index (κ1) is 12.8. The molecule has 0 bridgehead atoms. The van der Waals surface area contributed by atoms with Crippen LogP contribution in [0.5, 0.6) is 5.75 Å². The molecule has 1 aromatic rings. The van der Waals surface area contributed by atoms with Gasteiger partial charge in [0.1, 0.15) is 10.6 Å². The van der Waals surface area contributed by atoms with Gasteiger partial charge in [-0.25, -0.2) is 13.2 Å². The van der Waals surface area contributed by atoms with E-state index in [1.807, 2.05) is 0 Å². The molecule has 0 heterocycles. The first-order valence-corrected chi connectivity index (χ1v) is 7.30. The number of hydrogen-bond acceptors (Lipinski definition) is 5. The number of hydrogen-bond donors (Lipinski definition) is 0. The smallest absolute Gasteiger partial charge is 0.235 e. The van der Waals surface area contributed by atoms with Crippen LogP contribution in [0.25, 0.3) is 0 Å². The van der Waals surface area contributed by atoms with E-state index in [2.05, 4.69) is 4.99 Å². The van der Waals surface area contributed by atoms with E-state index in [0.29, 0.717) is 18.4 Å². The zero-order valence-electron chi connectivity index (χ0n) is 10.1. The Kier molecular flexibility index (Phi) is 3.00. The van der Waals surface area contributed by atoms with E-state index in [4.69, 9.17) is 4.74 Å². The average Bonchev–Trinajstić information content (AvgIpc) is 3.08. The summed E-state index contributed by atoms with van der Waals surface area (Å²) in [6, 6.07) is 4.95. The molecule has 1 fully saturated rings. The summed E-state index contributed by atoms with van der Waals surface area (Å²) >= 11 is 0. The molecule has 5 nitrogen and oxygen atoms in total. The van der Waals surface area contributed by atoms with Gasteiger partial charge >= 0.3 is 0 Å². The number of carbonyl (C=O) groups excluding carboxylic acids is 1. The van der Waals surface area contributed by atoms with Gasteiger partial charge in [0, 0.05) is 11.8 Å². The van der Waals surface area contributed by atoms with Crippen molar-refractivity contribution in [3.63, 3.8) is 0 Å². The van der Waals surface area contributed by atoms with Gasteiger partial charge in [0.25, 0.3) is 0 Å². The molecular formula is C12H13NO4S. The van der Waals surface area contributed by atoms with E-state index < -0.39 is 15.4 Å². The van der Waals surface area contributed by atoms with Crippen molar-refractivity contribution in [2.45, 2.75) is 23.3 Å². The topological polar surface area (TPSA) is 72.8 Å². The van der Waals surface area contributed by atoms with E-state index in [9.17, 15) is 13.2 Å². The standard InChI is InChI=1S/C12H13NO4S/c1-17-10-5-3-4-9(11(10)18(2,15)16)12(6-7-12)13-8-14/h3-5H,6-7H2,1-2H3. The zero-order valence-corrected chi connectivity index (χ0v) is 11.0. The number of rotatable bonds is 4. The summed E-state index contributed by atoms with van der Waals surface area (Å²) in [4.78, 5) is 14.4. The lowest BCUT2D eigenvalue weighted by Gasteiger charge is -2.16. The van der Waals surface area contributed by atoms with Gasteiger partial charge in [0.15, 0.2) is 9.84 Å². The third kappa shape index (κ3) is 2.05. The van der Waals surface area contributed by atoms with Gasteiger partial charge in [0.2, 0.25) is 6.08 Å². The summed E-state index contributed by atoms with van der Waals surface area (Å²) in [5, 5.41) is 0.